The zero-order valence-corrected chi connectivity index (χ0v) is 20.1. The Kier molecular flexibility index (Phi) is 5.64. The van der Waals surface area contributed by atoms with Crippen LogP contribution in [-0.4, -0.2) is 50.2 Å². The van der Waals surface area contributed by atoms with Gasteiger partial charge in [-0.2, -0.15) is 5.26 Å². The van der Waals surface area contributed by atoms with Crippen LogP contribution in [0.25, 0.3) is 22.2 Å². The number of likely N-dealkylation sites (N-methyl/N-ethyl adjacent to an activating group) is 1. The van der Waals surface area contributed by atoms with E-state index in [1.807, 2.05) is 25.1 Å². The lowest BCUT2D eigenvalue weighted by atomic mass is 9.93. The topological polar surface area (TPSA) is 65.5 Å². The second-order valence-electron chi connectivity index (χ2n) is 9.87. The summed E-state index contributed by atoms with van der Waals surface area (Å²) in [5, 5.41) is 10.1. The van der Waals surface area contributed by atoms with Crippen molar-refractivity contribution in [3.8, 4) is 22.9 Å². The summed E-state index contributed by atoms with van der Waals surface area (Å²) in [5.74, 6) is 1.43. The van der Waals surface area contributed by atoms with Crippen molar-refractivity contribution in [1.29, 1.82) is 5.26 Å². The number of methoxy groups -OCH3 is 1. The molecule has 0 radical (unpaired) electrons. The molecule has 1 aromatic heterocycles. The second-order valence-corrected chi connectivity index (χ2v) is 9.87. The largest absolute Gasteiger partial charge is 0.497 e. The van der Waals surface area contributed by atoms with Gasteiger partial charge in [-0.25, -0.2) is 4.98 Å². The Balaban J connectivity index is 2.06. The van der Waals surface area contributed by atoms with E-state index >= 15 is 0 Å². The summed E-state index contributed by atoms with van der Waals surface area (Å²) in [6.45, 7) is 10.1. The highest BCUT2D eigenvalue weighted by Crippen LogP contribution is 2.45. The van der Waals surface area contributed by atoms with Crippen molar-refractivity contribution >= 4 is 16.8 Å². The molecule has 2 aromatic carbocycles. The predicted molar refractivity (Wildman–Crippen MR) is 128 cm³/mol. The molecule has 1 saturated heterocycles. The minimum atomic E-state index is -0.260. The van der Waals surface area contributed by atoms with Crippen LogP contribution in [0.15, 0.2) is 28.7 Å². The number of hydrogen-bond acceptors (Lipinski definition) is 6. The Morgan fingerprint density at radius 1 is 1.28 bits per heavy atom. The van der Waals surface area contributed by atoms with Gasteiger partial charge in [-0.3, -0.25) is 0 Å². The van der Waals surface area contributed by atoms with E-state index in [0.717, 1.165) is 47.6 Å². The first kappa shape index (κ1) is 22.2. The van der Waals surface area contributed by atoms with Crippen LogP contribution in [-0.2, 0) is 5.41 Å². The molecule has 32 heavy (non-hydrogen) atoms. The van der Waals surface area contributed by atoms with Crippen LogP contribution in [0.1, 0.15) is 44.2 Å². The van der Waals surface area contributed by atoms with Crippen molar-refractivity contribution < 1.29 is 9.15 Å². The maximum Gasteiger partial charge on any atom is 0.201 e. The van der Waals surface area contributed by atoms with Gasteiger partial charge in [-0.15, -0.1) is 0 Å². The van der Waals surface area contributed by atoms with Gasteiger partial charge in [0.2, 0.25) is 5.89 Å². The average Bonchev–Trinajstić information content (AvgIpc) is 3.40. The molecule has 1 fully saturated rings. The Morgan fingerprint density at radius 2 is 2.03 bits per heavy atom. The molecule has 0 aliphatic carbocycles. The maximum absolute atomic E-state index is 10.1. The molecule has 3 aromatic rings. The van der Waals surface area contributed by atoms with Gasteiger partial charge in [0, 0.05) is 30.1 Å². The number of benzene rings is 2. The van der Waals surface area contributed by atoms with Crippen LogP contribution < -0.4 is 9.64 Å². The van der Waals surface area contributed by atoms with Gasteiger partial charge in [-0.05, 0) is 50.7 Å². The molecule has 0 bridgehead atoms. The molecule has 6 heteroatoms. The summed E-state index contributed by atoms with van der Waals surface area (Å²) in [6, 6.07) is 10.9. The van der Waals surface area contributed by atoms with Crippen LogP contribution in [0, 0.1) is 18.3 Å². The van der Waals surface area contributed by atoms with Crippen molar-refractivity contribution in [1.82, 2.24) is 9.88 Å². The molecule has 0 amide bonds. The molecule has 2 heterocycles. The van der Waals surface area contributed by atoms with Crippen LogP contribution in [0.3, 0.4) is 0 Å². The monoisotopic (exact) mass is 432 g/mol. The Hall–Kier alpha value is -3.04. The quantitative estimate of drug-likeness (QED) is 0.570. The molecule has 1 aliphatic rings. The molecule has 0 N–H and O–H groups in total. The van der Waals surface area contributed by atoms with E-state index in [9.17, 15) is 5.26 Å². The number of oxazole rings is 1. The summed E-state index contributed by atoms with van der Waals surface area (Å²) < 4.78 is 11.9. The summed E-state index contributed by atoms with van der Waals surface area (Å²) in [7, 11) is 5.93. The van der Waals surface area contributed by atoms with Crippen molar-refractivity contribution in [2.24, 2.45) is 0 Å². The van der Waals surface area contributed by atoms with E-state index in [1.165, 1.54) is 0 Å². The van der Waals surface area contributed by atoms with E-state index in [1.54, 1.807) is 7.11 Å². The van der Waals surface area contributed by atoms with Gasteiger partial charge >= 0.3 is 0 Å². The van der Waals surface area contributed by atoms with Crippen molar-refractivity contribution in [3.63, 3.8) is 0 Å². The van der Waals surface area contributed by atoms with Crippen LogP contribution >= 0.6 is 0 Å². The maximum atomic E-state index is 10.1. The standard InChI is InChI=1S/C26H32N4O2/c1-16-20(14-27)22-24(32-25(28-22)26(2,3)4)23(30-12-11-18(15-30)29(5)6)21(16)17-9-8-10-19(13-17)31-7/h8-10,13,18H,11-12,15H2,1-7H3/t18-/m0/s1. The number of aromatic nitrogens is 1. The number of anilines is 1. The highest BCUT2D eigenvalue weighted by atomic mass is 16.5. The zero-order valence-electron chi connectivity index (χ0n) is 20.1. The lowest BCUT2D eigenvalue weighted by Crippen LogP contribution is -2.31. The van der Waals surface area contributed by atoms with Crippen molar-refractivity contribution in [2.45, 2.75) is 45.6 Å². The van der Waals surface area contributed by atoms with Gasteiger partial charge in [0.05, 0.1) is 18.4 Å². The van der Waals surface area contributed by atoms with Gasteiger partial charge in [0.15, 0.2) is 5.58 Å². The molecule has 6 nitrogen and oxygen atoms in total. The fraction of sp³-hybridized carbons (Fsp3) is 0.462. The minimum Gasteiger partial charge on any atom is -0.497 e. The molecule has 0 unspecified atom stereocenters. The van der Waals surface area contributed by atoms with Crippen LogP contribution in [0.2, 0.25) is 0 Å². The third-order valence-corrected chi connectivity index (χ3v) is 6.39. The molecule has 1 atom stereocenters. The average molecular weight is 433 g/mol. The summed E-state index contributed by atoms with van der Waals surface area (Å²) >= 11 is 0. The first-order chi connectivity index (χ1) is 15.2. The minimum absolute atomic E-state index is 0.260. The predicted octanol–water partition coefficient (Wildman–Crippen LogP) is 5.12. The van der Waals surface area contributed by atoms with Gasteiger partial charge in [0.25, 0.3) is 0 Å². The summed E-state index contributed by atoms with van der Waals surface area (Å²) in [4.78, 5) is 9.49. The third kappa shape index (κ3) is 3.71. The lowest BCUT2D eigenvalue weighted by molar-refractivity contribution is 0.315. The van der Waals surface area contributed by atoms with E-state index in [-0.39, 0.29) is 5.41 Å². The Labute approximate surface area is 190 Å². The van der Waals surface area contributed by atoms with E-state index < -0.39 is 0 Å². The third-order valence-electron chi connectivity index (χ3n) is 6.39. The molecule has 0 spiro atoms. The van der Waals surface area contributed by atoms with Crippen molar-refractivity contribution in [2.75, 3.05) is 39.2 Å². The lowest BCUT2D eigenvalue weighted by Gasteiger charge is -2.26. The summed E-state index contributed by atoms with van der Waals surface area (Å²) in [6.07, 6.45) is 1.07. The smallest absolute Gasteiger partial charge is 0.201 e. The number of hydrogen-bond donors (Lipinski definition) is 0. The SMILES string of the molecule is COc1cccc(-c2c(C)c(C#N)c3nc(C(C)(C)C)oc3c2N2CC[C@H](N(C)C)C2)c1. The molecule has 168 valence electrons. The van der Waals surface area contributed by atoms with Crippen LogP contribution in [0.4, 0.5) is 5.69 Å². The molecule has 1 aliphatic heterocycles. The first-order valence-electron chi connectivity index (χ1n) is 11.1. The van der Waals surface area contributed by atoms with Crippen LogP contribution in [0.5, 0.6) is 5.75 Å². The van der Waals surface area contributed by atoms with E-state index in [2.05, 4.69) is 56.8 Å². The highest BCUT2D eigenvalue weighted by molar-refractivity contribution is 6.02. The zero-order chi connectivity index (χ0) is 23.2. The fourth-order valence-corrected chi connectivity index (χ4v) is 4.50. The van der Waals surface area contributed by atoms with Gasteiger partial charge < -0.3 is 19.0 Å². The number of nitrogens with zero attached hydrogens (tertiary/aromatic N) is 4. The normalized spacial score (nSPS) is 16.7. The number of ether oxygens (including phenoxy) is 1. The van der Waals surface area contributed by atoms with E-state index in [0.29, 0.717) is 28.6 Å². The number of rotatable bonds is 4. The second kappa shape index (κ2) is 8.14. The van der Waals surface area contributed by atoms with Gasteiger partial charge in [-0.1, -0.05) is 32.9 Å². The fourth-order valence-electron chi connectivity index (χ4n) is 4.50. The number of fused-ring (bicyclic) bond motifs is 1. The number of nitriles is 1. The molecular formula is C26H32N4O2. The highest BCUT2D eigenvalue weighted by Gasteiger charge is 2.33. The Morgan fingerprint density at radius 3 is 2.62 bits per heavy atom. The van der Waals surface area contributed by atoms with E-state index in [4.69, 9.17) is 14.1 Å². The molecule has 4 rings (SSSR count). The van der Waals surface area contributed by atoms with Crippen molar-refractivity contribution in [3.05, 3.63) is 41.3 Å². The Bertz CT molecular complexity index is 1200. The first-order valence-corrected chi connectivity index (χ1v) is 11.1. The molecule has 0 saturated carbocycles. The van der Waals surface area contributed by atoms with Gasteiger partial charge in [0.1, 0.15) is 17.3 Å². The molecular weight excluding hydrogens is 400 g/mol. The summed E-state index contributed by atoms with van der Waals surface area (Å²) in [5.41, 5.74) is 5.65.